The van der Waals surface area contributed by atoms with Crippen LogP contribution in [0.15, 0.2) is 24.3 Å². The van der Waals surface area contributed by atoms with Gasteiger partial charge in [0.1, 0.15) is 24.2 Å². The largest absolute Gasteiger partial charge is 0.468 e. The van der Waals surface area contributed by atoms with Gasteiger partial charge in [-0.05, 0) is 65.5 Å². The van der Waals surface area contributed by atoms with Gasteiger partial charge in [-0.3, -0.25) is 14.4 Å². The molecule has 0 aliphatic heterocycles. The second kappa shape index (κ2) is 13.1. The molecule has 0 spiro atoms. The Hall–Kier alpha value is -3.54. The van der Waals surface area contributed by atoms with E-state index in [1.807, 2.05) is 13.8 Å². The molecular weight excluding hydrogens is 474 g/mol. The molecule has 204 valence electrons. The van der Waals surface area contributed by atoms with E-state index in [9.17, 15) is 19.2 Å². The van der Waals surface area contributed by atoms with Gasteiger partial charge in [-0.2, -0.15) is 0 Å². The zero-order valence-corrected chi connectivity index (χ0v) is 23.4. The quantitative estimate of drug-likeness (QED) is 0.384. The van der Waals surface area contributed by atoms with E-state index in [2.05, 4.69) is 21.3 Å². The van der Waals surface area contributed by atoms with Crippen LogP contribution in [0.2, 0.25) is 0 Å². The molecule has 0 aromatic heterocycles. The van der Waals surface area contributed by atoms with Crippen LogP contribution in [0.5, 0.6) is 0 Å². The molecule has 9 nitrogen and oxygen atoms in total. The molecule has 0 saturated heterocycles. The van der Waals surface area contributed by atoms with Crippen molar-refractivity contribution in [3.8, 4) is 12.3 Å². The molecule has 3 amide bonds. The molecule has 1 rings (SSSR count). The highest BCUT2D eigenvalue weighted by atomic mass is 16.6. The summed E-state index contributed by atoms with van der Waals surface area (Å²) in [5, 5.41) is 5.25. The first-order valence-electron chi connectivity index (χ1n) is 12.2. The van der Waals surface area contributed by atoms with E-state index in [0.717, 1.165) is 0 Å². The van der Waals surface area contributed by atoms with E-state index < -0.39 is 47.1 Å². The second-order valence-corrected chi connectivity index (χ2v) is 11.1. The average Bonchev–Trinajstić information content (AvgIpc) is 2.77. The molecule has 0 radical (unpaired) electrons. The van der Waals surface area contributed by atoms with Gasteiger partial charge in [0.25, 0.3) is 0 Å². The van der Waals surface area contributed by atoms with Gasteiger partial charge in [0, 0.05) is 11.1 Å². The third-order valence-electron chi connectivity index (χ3n) is 5.21. The number of nitrogens with one attached hydrogen (secondary N) is 2. The predicted molar refractivity (Wildman–Crippen MR) is 141 cm³/mol. The van der Waals surface area contributed by atoms with Crippen molar-refractivity contribution in [3.63, 3.8) is 0 Å². The minimum atomic E-state index is -1.19. The average molecular weight is 516 g/mol. The van der Waals surface area contributed by atoms with E-state index in [-0.39, 0.29) is 12.5 Å². The number of methoxy groups -OCH3 is 1. The van der Waals surface area contributed by atoms with Gasteiger partial charge < -0.3 is 25.0 Å². The summed E-state index contributed by atoms with van der Waals surface area (Å²) in [5.41, 5.74) is -0.822. The number of rotatable bonds is 9. The Balaban J connectivity index is 3.65. The van der Waals surface area contributed by atoms with Crippen molar-refractivity contribution >= 4 is 23.9 Å². The highest BCUT2D eigenvalue weighted by Gasteiger charge is 2.42. The number of amides is 3. The van der Waals surface area contributed by atoms with Crippen LogP contribution in [0.1, 0.15) is 79.0 Å². The highest BCUT2D eigenvalue weighted by molar-refractivity contribution is 5.94. The summed E-state index contributed by atoms with van der Waals surface area (Å²) < 4.78 is 10.0. The topological polar surface area (TPSA) is 114 Å². The molecule has 0 aliphatic rings. The van der Waals surface area contributed by atoms with Gasteiger partial charge >= 0.3 is 12.1 Å². The molecule has 0 aliphatic carbocycles. The lowest BCUT2D eigenvalue weighted by atomic mass is 9.91. The van der Waals surface area contributed by atoms with Crippen LogP contribution in [0.25, 0.3) is 0 Å². The molecule has 2 atom stereocenters. The first-order chi connectivity index (χ1) is 17.0. The standard InChI is InChI=1S/C28H41N3O6/c1-11-19-14-12-13-15-20(19)23(24(33)29-17-22(32)36-10)31(27(4,5)6)25(34)21(16-18(2)3)30-26(35)37-28(7,8)9/h1,12-15,18,21,23H,16-17H2,2-10H3,(H,29,33)(H,30,35). The van der Waals surface area contributed by atoms with Crippen LogP contribution in [-0.4, -0.2) is 59.6 Å². The van der Waals surface area contributed by atoms with Crippen LogP contribution in [0.3, 0.4) is 0 Å². The van der Waals surface area contributed by atoms with Crippen molar-refractivity contribution in [1.82, 2.24) is 15.5 Å². The lowest BCUT2D eigenvalue weighted by Gasteiger charge is -2.43. The SMILES string of the molecule is C#Cc1ccccc1C(C(=O)NCC(=O)OC)N(C(=O)C(CC(C)C)NC(=O)OC(C)(C)C)C(C)(C)C. The van der Waals surface area contributed by atoms with Gasteiger partial charge in [0.2, 0.25) is 11.8 Å². The van der Waals surface area contributed by atoms with Gasteiger partial charge in [0.15, 0.2) is 0 Å². The van der Waals surface area contributed by atoms with Crippen LogP contribution >= 0.6 is 0 Å². The Bertz CT molecular complexity index is 1010. The van der Waals surface area contributed by atoms with Crippen LogP contribution in [0.4, 0.5) is 4.79 Å². The first-order valence-corrected chi connectivity index (χ1v) is 12.2. The lowest BCUT2D eigenvalue weighted by molar-refractivity contribution is -0.149. The Labute approximate surface area is 220 Å². The van der Waals surface area contributed by atoms with Crippen molar-refractivity contribution in [1.29, 1.82) is 0 Å². The number of carbonyl (C=O) groups excluding carboxylic acids is 4. The summed E-state index contributed by atoms with van der Waals surface area (Å²) in [6, 6.07) is 4.61. The fraction of sp³-hybridized carbons (Fsp3) is 0.571. The summed E-state index contributed by atoms with van der Waals surface area (Å²) in [6.07, 6.45) is 5.30. The van der Waals surface area contributed by atoms with Gasteiger partial charge in [-0.1, -0.05) is 38.0 Å². The number of carbonyl (C=O) groups is 4. The zero-order chi connectivity index (χ0) is 28.6. The Morgan fingerprint density at radius 2 is 1.65 bits per heavy atom. The number of benzene rings is 1. The van der Waals surface area contributed by atoms with Crippen molar-refractivity contribution in [2.75, 3.05) is 13.7 Å². The smallest absolute Gasteiger partial charge is 0.408 e. The van der Waals surface area contributed by atoms with E-state index >= 15 is 0 Å². The summed E-state index contributed by atoms with van der Waals surface area (Å²) in [4.78, 5) is 53.6. The monoisotopic (exact) mass is 515 g/mol. The number of ether oxygens (including phenoxy) is 2. The molecule has 2 unspecified atom stereocenters. The summed E-state index contributed by atoms with van der Waals surface area (Å²) in [5.74, 6) is 0.864. The predicted octanol–water partition coefficient (Wildman–Crippen LogP) is 3.56. The van der Waals surface area contributed by atoms with E-state index in [1.54, 1.807) is 65.8 Å². The minimum Gasteiger partial charge on any atom is -0.468 e. The Kier molecular flexibility index (Phi) is 11.2. The molecular formula is C28H41N3O6. The molecule has 0 bridgehead atoms. The number of nitrogens with zero attached hydrogens (tertiary/aromatic N) is 1. The van der Waals surface area contributed by atoms with E-state index in [0.29, 0.717) is 17.5 Å². The van der Waals surface area contributed by atoms with Gasteiger partial charge in [-0.15, -0.1) is 6.42 Å². The summed E-state index contributed by atoms with van der Waals surface area (Å²) in [7, 11) is 1.21. The fourth-order valence-electron chi connectivity index (χ4n) is 3.75. The van der Waals surface area contributed by atoms with Crippen molar-refractivity contribution in [3.05, 3.63) is 35.4 Å². The zero-order valence-electron chi connectivity index (χ0n) is 23.4. The normalized spacial score (nSPS) is 13.1. The fourth-order valence-corrected chi connectivity index (χ4v) is 3.75. The minimum absolute atomic E-state index is 0.0373. The highest BCUT2D eigenvalue weighted by Crippen LogP contribution is 2.32. The Morgan fingerprint density at radius 1 is 1.05 bits per heavy atom. The molecule has 2 N–H and O–H groups in total. The maximum absolute atomic E-state index is 14.2. The number of terminal acetylenes is 1. The lowest BCUT2D eigenvalue weighted by Crippen LogP contribution is -2.59. The number of hydrogen-bond acceptors (Lipinski definition) is 6. The maximum Gasteiger partial charge on any atom is 0.408 e. The summed E-state index contributed by atoms with van der Waals surface area (Å²) >= 11 is 0. The number of hydrogen-bond donors (Lipinski definition) is 2. The summed E-state index contributed by atoms with van der Waals surface area (Å²) in [6.45, 7) is 14.0. The van der Waals surface area contributed by atoms with Crippen molar-refractivity contribution in [2.24, 2.45) is 5.92 Å². The van der Waals surface area contributed by atoms with Crippen LogP contribution in [0, 0.1) is 18.3 Å². The van der Waals surface area contributed by atoms with Crippen molar-refractivity contribution in [2.45, 2.75) is 85.0 Å². The molecule has 1 aromatic rings. The number of esters is 1. The third kappa shape index (κ3) is 9.79. The molecule has 1 aromatic carbocycles. The van der Waals surface area contributed by atoms with E-state index in [1.165, 1.54) is 12.0 Å². The maximum atomic E-state index is 14.2. The van der Waals surface area contributed by atoms with E-state index in [4.69, 9.17) is 11.2 Å². The van der Waals surface area contributed by atoms with Gasteiger partial charge in [0.05, 0.1) is 7.11 Å². The first kappa shape index (κ1) is 31.5. The van der Waals surface area contributed by atoms with Crippen LogP contribution in [-0.2, 0) is 23.9 Å². The molecule has 0 fully saturated rings. The van der Waals surface area contributed by atoms with Crippen LogP contribution < -0.4 is 10.6 Å². The second-order valence-electron chi connectivity index (χ2n) is 11.1. The molecule has 9 heteroatoms. The van der Waals surface area contributed by atoms with Gasteiger partial charge in [-0.25, -0.2) is 4.79 Å². The van der Waals surface area contributed by atoms with Crippen molar-refractivity contribution < 1.29 is 28.7 Å². The third-order valence-corrected chi connectivity index (χ3v) is 5.21. The molecule has 0 saturated carbocycles. The number of alkyl carbamates (subject to hydrolysis) is 1. The Morgan fingerprint density at radius 3 is 2.14 bits per heavy atom. The molecule has 37 heavy (non-hydrogen) atoms. The molecule has 0 heterocycles.